The number of likely N-dealkylation sites (N-methyl/N-ethyl adjacent to an activating group) is 1. The first kappa shape index (κ1) is 10.3. The summed E-state index contributed by atoms with van der Waals surface area (Å²) >= 11 is 0. The van der Waals surface area contributed by atoms with Crippen LogP contribution in [0.25, 0.3) is 0 Å². The molecule has 0 unspecified atom stereocenters. The van der Waals surface area contributed by atoms with Gasteiger partial charge in [0, 0.05) is 19.8 Å². The Morgan fingerprint density at radius 3 is 2.23 bits per heavy atom. The summed E-state index contributed by atoms with van der Waals surface area (Å²) < 4.78 is 19.2. The lowest BCUT2D eigenvalue weighted by Gasteiger charge is -2.42. The molecular weight excluding hydrogens is 196 g/mol. The molecule has 1 heterocycles. The molecular formula is C6H12N2O4S. The van der Waals surface area contributed by atoms with Gasteiger partial charge in [0.2, 0.25) is 0 Å². The standard InChI is InChI=1S/C6H12N2O4S/c1-7-3-4-8(13(2,11)12)6(10)5(7)9/h11-12H,3-4H2,1-2H3. The van der Waals surface area contributed by atoms with Crippen molar-refractivity contribution in [2.24, 2.45) is 0 Å². The highest BCUT2D eigenvalue weighted by atomic mass is 32.3. The van der Waals surface area contributed by atoms with Crippen LogP contribution in [0.1, 0.15) is 0 Å². The van der Waals surface area contributed by atoms with E-state index in [9.17, 15) is 18.7 Å². The Bertz CT molecular complexity index is 250. The second kappa shape index (κ2) is 3.17. The molecule has 7 heteroatoms. The molecule has 2 amide bonds. The molecule has 0 aliphatic carbocycles. The molecule has 0 aromatic rings. The fourth-order valence-electron chi connectivity index (χ4n) is 1.04. The van der Waals surface area contributed by atoms with E-state index in [1.54, 1.807) is 0 Å². The van der Waals surface area contributed by atoms with Gasteiger partial charge in [0.15, 0.2) is 0 Å². The zero-order chi connectivity index (χ0) is 10.2. The largest absolute Gasteiger partial charge is 0.336 e. The van der Waals surface area contributed by atoms with Crippen LogP contribution in [0.4, 0.5) is 0 Å². The van der Waals surface area contributed by atoms with Gasteiger partial charge in [0.25, 0.3) is 0 Å². The number of hydrogen-bond donors (Lipinski definition) is 2. The van der Waals surface area contributed by atoms with Crippen molar-refractivity contribution < 1.29 is 18.7 Å². The van der Waals surface area contributed by atoms with E-state index >= 15 is 0 Å². The third-order valence-electron chi connectivity index (χ3n) is 1.81. The minimum absolute atomic E-state index is 0.167. The van der Waals surface area contributed by atoms with Crippen molar-refractivity contribution in [3.63, 3.8) is 0 Å². The van der Waals surface area contributed by atoms with Crippen molar-refractivity contribution in [3.8, 4) is 0 Å². The first-order valence-corrected chi connectivity index (χ1v) is 5.55. The maximum atomic E-state index is 11.2. The van der Waals surface area contributed by atoms with E-state index in [-0.39, 0.29) is 6.54 Å². The average molecular weight is 208 g/mol. The lowest BCUT2D eigenvalue weighted by molar-refractivity contribution is -0.151. The fraction of sp³-hybridized carbons (Fsp3) is 0.667. The van der Waals surface area contributed by atoms with Crippen molar-refractivity contribution >= 4 is 22.6 Å². The number of carbonyl (C=O) groups excluding carboxylic acids is 2. The summed E-state index contributed by atoms with van der Waals surface area (Å²) in [6, 6.07) is 0. The van der Waals surface area contributed by atoms with Crippen LogP contribution in [-0.2, 0) is 9.59 Å². The fourth-order valence-corrected chi connectivity index (χ4v) is 1.86. The van der Waals surface area contributed by atoms with Crippen LogP contribution in [-0.4, -0.2) is 56.5 Å². The number of amides is 2. The predicted molar refractivity (Wildman–Crippen MR) is 48.1 cm³/mol. The van der Waals surface area contributed by atoms with Crippen LogP contribution in [0.3, 0.4) is 0 Å². The van der Waals surface area contributed by atoms with Crippen LogP contribution in [0, 0.1) is 0 Å². The summed E-state index contributed by atoms with van der Waals surface area (Å²) in [6.07, 6.45) is 1.13. The van der Waals surface area contributed by atoms with Gasteiger partial charge in [-0.05, 0) is 0 Å². The summed E-state index contributed by atoms with van der Waals surface area (Å²) in [5.74, 6) is -1.55. The van der Waals surface area contributed by atoms with Crippen molar-refractivity contribution in [1.29, 1.82) is 0 Å². The first-order chi connectivity index (χ1) is 5.84. The third kappa shape index (κ3) is 1.93. The number of rotatable bonds is 1. The third-order valence-corrected chi connectivity index (χ3v) is 3.00. The van der Waals surface area contributed by atoms with Gasteiger partial charge >= 0.3 is 11.8 Å². The van der Waals surface area contributed by atoms with Gasteiger partial charge in [-0.3, -0.25) is 18.7 Å². The monoisotopic (exact) mass is 208 g/mol. The summed E-state index contributed by atoms with van der Waals surface area (Å²) in [7, 11) is -1.60. The highest BCUT2D eigenvalue weighted by molar-refractivity contribution is 8.22. The maximum absolute atomic E-state index is 11.2. The van der Waals surface area contributed by atoms with Crippen molar-refractivity contribution in [3.05, 3.63) is 0 Å². The van der Waals surface area contributed by atoms with Gasteiger partial charge in [-0.25, -0.2) is 4.31 Å². The van der Waals surface area contributed by atoms with E-state index in [0.717, 1.165) is 10.6 Å². The first-order valence-electron chi connectivity index (χ1n) is 3.64. The Labute approximate surface area is 77.6 Å². The number of hydrogen-bond acceptors (Lipinski definition) is 4. The summed E-state index contributed by atoms with van der Waals surface area (Å²) in [6.45, 7) is 0.494. The molecule has 1 aliphatic rings. The number of piperazine rings is 1. The van der Waals surface area contributed by atoms with Gasteiger partial charge in [0.1, 0.15) is 0 Å². The quantitative estimate of drug-likeness (QED) is 0.574. The smallest absolute Gasteiger partial charge is 0.330 e. The van der Waals surface area contributed by atoms with Crippen LogP contribution in [0.5, 0.6) is 0 Å². The highest BCUT2D eigenvalue weighted by Gasteiger charge is 2.35. The molecule has 0 aromatic carbocycles. The lowest BCUT2D eigenvalue weighted by Crippen LogP contribution is -2.53. The molecule has 0 spiro atoms. The predicted octanol–water partition coefficient (Wildman–Crippen LogP) is -0.418. The molecule has 0 aromatic heterocycles. The van der Waals surface area contributed by atoms with Crippen molar-refractivity contribution in [2.45, 2.75) is 0 Å². The molecule has 1 rings (SSSR count). The van der Waals surface area contributed by atoms with E-state index in [1.807, 2.05) is 0 Å². The van der Waals surface area contributed by atoms with Crippen molar-refractivity contribution in [2.75, 3.05) is 26.4 Å². The Kier molecular flexibility index (Phi) is 2.51. The minimum Gasteiger partial charge on any atom is -0.336 e. The maximum Gasteiger partial charge on any atom is 0.330 e. The van der Waals surface area contributed by atoms with E-state index in [0.29, 0.717) is 6.54 Å². The second-order valence-corrected chi connectivity index (χ2v) is 4.95. The lowest BCUT2D eigenvalue weighted by atomic mass is 10.4. The summed E-state index contributed by atoms with van der Waals surface area (Å²) in [4.78, 5) is 23.6. The van der Waals surface area contributed by atoms with Crippen molar-refractivity contribution in [1.82, 2.24) is 9.21 Å². The molecule has 0 saturated carbocycles. The van der Waals surface area contributed by atoms with Crippen LogP contribution in [0.15, 0.2) is 0 Å². The molecule has 1 saturated heterocycles. The minimum atomic E-state index is -3.10. The van der Waals surface area contributed by atoms with Crippen LogP contribution < -0.4 is 0 Å². The van der Waals surface area contributed by atoms with Gasteiger partial charge in [0.05, 0.1) is 6.54 Å². The molecule has 13 heavy (non-hydrogen) atoms. The summed E-state index contributed by atoms with van der Waals surface area (Å²) in [5.41, 5.74) is 0. The molecule has 1 fully saturated rings. The number of carbonyl (C=O) groups is 2. The average Bonchev–Trinajstić information content (AvgIpc) is 1.98. The Hall–Kier alpha value is -0.790. The Balaban J connectivity index is 2.82. The topological polar surface area (TPSA) is 81.1 Å². The van der Waals surface area contributed by atoms with E-state index in [4.69, 9.17) is 0 Å². The molecule has 6 nitrogen and oxygen atoms in total. The molecule has 76 valence electrons. The second-order valence-electron chi connectivity index (χ2n) is 2.93. The molecule has 0 atom stereocenters. The number of nitrogens with zero attached hydrogens (tertiary/aromatic N) is 2. The Morgan fingerprint density at radius 2 is 1.77 bits per heavy atom. The zero-order valence-corrected chi connectivity index (χ0v) is 8.24. The van der Waals surface area contributed by atoms with Crippen LogP contribution in [0.2, 0.25) is 0 Å². The van der Waals surface area contributed by atoms with Crippen LogP contribution >= 0.6 is 10.8 Å². The molecule has 0 bridgehead atoms. The zero-order valence-electron chi connectivity index (χ0n) is 7.43. The van der Waals surface area contributed by atoms with E-state index in [2.05, 4.69) is 0 Å². The molecule has 0 radical (unpaired) electrons. The normalized spacial score (nSPS) is 20.9. The van der Waals surface area contributed by atoms with Gasteiger partial charge in [-0.1, -0.05) is 0 Å². The van der Waals surface area contributed by atoms with E-state index < -0.39 is 22.6 Å². The van der Waals surface area contributed by atoms with Gasteiger partial charge in [-0.15, -0.1) is 10.8 Å². The highest BCUT2D eigenvalue weighted by Crippen LogP contribution is 2.39. The SMILES string of the molecule is CN1CCN(S(C)(O)O)C(=O)C1=O. The molecule has 1 aliphatic heterocycles. The van der Waals surface area contributed by atoms with Gasteiger partial charge in [-0.2, -0.15) is 0 Å². The molecule has 2 N–H and O–H groups in total. The van der Waals surface area contributed by atoms with Gasteiger partial charge < -0.3 is 4.90 Å². The summed E-state index contributed by atoms with van der Waals surface area (Å²) in [5, 5.41) is 0. The Morgan fingerprint density at radius 1 is 1.23 bits per heavy atom. The van der Waals surface area contributed by atoms with E-state index in [1.165, 1.54) is 11.9 Å².